The third kappa shape index (κ3) is 1.90. The fourth-order valence-corrected chi connectivity index (χ4v) is 0.295. The molecule has 1 amide bonds. The van der Waals surface area contributed by atoms with Crippen molar-refractivity contribution in [3.8, 4) is 0 Å². The molecule has 0 unspecified atom stereocenters. The minimum atomic E-state index is -0.620. The maximum absolute atomic E-state index is 10.4. The van der Waals surface area contributed by atoms with Gasteiger partial charge in [0.2, 0.25) is 0 Å². The average Bonchev–Trinajstić information content (AvgIpc) is 1.64. The fourth-order valence-electron chi connectivity index (χ4n) is 0.295. The predicted octanol–water partition coefficient (Wildman–Crippen LogP) is -0.819. The molecule has 0 radical (unpaired) electrons. The van der Waals surface area contributed by atoms with Crippen molar-refractivity contribution in [1.29, 1.82) is 0 Å². The van der Waals surface area contributed by atoms with Crippen molar-refractivity contribution in [2.75, 3.05) is 7.05 Å². The normalized spacial score (nSPS) is 13.0. The van der Waals surface area contributed by atoms with Crippen LogP contribution in [0.3, 0.4) is 0 Å². The lowest BCUT2D eigenvalue weighted by Gasteiger charge is -2.09. The lowest BCUT2D eigenvalue weighted by Crippen LogP contribution is -2.37. The molecule has 3 N–H and O–H groups in total. The number of hydrogen-bond acceptors (Lipinski definition) is 3. The molecule has 8 heavy (non-hydrogen) atoms. The van der Waals surface area contributed by atoms with E-state index in [4.69, 9.17) is 10.9 Å². The van der Waals surface area contributed by atoms with Crippen LogP contribution in [0.15, 0.2) is 0 Å². The minimum Gasteiger partial charge on any atom is -0.320 e. The van der Waals surface area contributed by atoms with E-state index in [0.29, 0.717) is 5.06 Å². The predicted molar refractivity (Wildman–Crippen MR) is 28.2 cm³/mol. The van der Waals surface area contributed by atoms with Gasteiger partial charge in [-0.25, -0.2) is 5.06 Å². The summed E-state index contributed by atoms with van der Waals surface area (Å²) in [6.45, 7) is 1.51. The van der Waals surface area contributed by atoms with Gasteiger partial charge in [-0.15, -0.1) is 0 Å². The summed E-state index contributed by atoms with van der Waals surface area (Å²) in [5.74, 6) is -0.481. The summed E-state index contributed by atoms with van der Waals surface area (Å²) in [5.41, 5.74) is 5.09. The monoisotopic (exact) mass is 118 g/mol. The number of likely N-dealkylation sites (N-methyl/N-ethyl adjacent to an activating group) is 1. The number of hydrogen-bond donors (Lipinski definition) is 2. The number of nitrogens with two attached hydrogens (primary N) is 1. The van der Waals surface area contributed by atoms with Gasteiger partial charge in [0.25, 0.3) is 5.91 Å². The molecule has 0 bridgehead atoms. The molecule has 1 atom stereocenters. The smallest absolute Gasteiger partial charge is 0.262 e. The molecule has 4 nitrogen and oxygen atoms in total. The van der Waals surface area contributed by atoms with Gasteiger partial charge >= 0.3 is 0 Å². The molecule has 0 rings (SSSR count). The van der Waals surface area contributed by atoms with Crippen molar-refractivity contribution < 1.29 is 10.0 Å². The molecule has 0 aromatic carbocycles. The maximum atomic E-state index is 10.4. The molecule has 0 aliphatic carbocycles. The number of carbonyl (C=O) groups excluding carboxylic acids is 1. The first kappa shape index (κ1) is 7.39. The van der Waals surface area contributed by atoms with Crippen molar-refractivity contribution in [1.82, 2.24) is 5.06 Å². The summed E-state index contributed by atoms with van der Waals surface area (Å²) >= 11 is 0. The van der Waals surface area contributed by atoms with Crippen LogP contribution in [0.4, 0.5) is 0 Å². The lowest BCUT2D eigenvalue weighted by atomic mass is 10.3. The summed E-state index contributed by atoms with van der Waals surface area (Å²) in [7, 11) is 1.24. The van der Waals surface area contributed by atoms with Gasteiger partial charge in [0.1, 0.15) is 0 Å². The van der Waals surface area contributed by atoms with Crippen molar-refractivity contribution in [3.63, 3.8) is 0 Å². The number of carbonyl (C=O) groups is 1. The van der Waals surface area contributed by atoms with Crippen LogP contribution in [0.2, 0.25) is 0 Å². The molecule has 0 aromatic heterocycles. The van der Waals surface area contributed by atoms with E-state index in [2.05, 4.69) is 0 Å². The SMILES string of the molecule is C[C@H](N)C(=O)N(C)O. The molecule has 0 aliphatic rings. The largest absolute Gasteiger partial charge is 0.320 e. The fraction of sp³-hybridized carbons (Fsp3) is 0.750. The summed E-state index contributed by atoms with van der Waals surface area (Å²) in [6.07, 6.45) is 0. The van der Waals surface area contributed by atoms with Crippen LogP contribution in [-0.2, 0) is 4.79 Å². The Morgan fingerprint density at radius 1 is 1.88 bits per heavy atom. The zero-order chi connectivity index (χ0) is 6.73. The van der Waals surface area contributed by atoms with Crippen LogP contribution in [0.25, 0.3) is 0 Å². The van der Waals surface area contributed by atoms with Gasteiger partial charge in [0, 0.05) is 7.05 Å². The quantitative estimate of drug-likeness (QED) is 0.349. The van der Waals surface area contributed by atoms with Crippen molar-refractivity contribution in [2.45, 2.75) is 13.0 Å². The van der Waals surface area contributed by atoms with Crippen molar-refractivity contribution >= 4 is 5.91 Å². The van der Waals surface area contributed by atoms with E-state index in [1.165, 1.54) is 14.0 Å². The third-order valence-corrected chi connectivity index (χ3v) is 0.708. The van der Waals surface area contributed by atoms with Gasteiger partial charge in [-0.05, 0) is 6.92 Å². The van der Waals surface area contributed by atoms with Crippen molar-refractivity contribution in [2.24, 2.45) is 5.73 Å². The van der Waals surface area contributed by atoms with E-state index in [0.717, 1.165) is 0 Å². The zero-order valence-electron chi connectivity index (χ0n) is 4.96. The highest BCUT2D eigenvalue weighted by Gasteiger charge is 2.09. The van der Waals surface area contributed by atoms with Gasteiger partial charge in [0.15, 0.2) is 0 Å². The number of hydroxylamine groups is 2. The second-order valence-electron chi connectivity index (χ2n) is 1.65. The van der Waals surface area contributed by atoms with E-state index in [1.54, 1.807) is 0 Å². The summed E-state index contributed by atoms with van der Waals surface area (Å²) in [6, 6.07) is -0.620. The third-order valence-electron chi connectivity index (χ3n) is 0.708. The van der Waals surface area contributed by atoms with Gasteiger partial charge in [-0.3, -0.25) is 10.0 Å². The Hall–Kier alpha value is -0.610. The van der Waals surface area contributed by atoms with Crippen LogP contribution >= 0.6 is 0 Å². The molecular weight excluding hydrogens is 108 g/mol. The highest BCUT2D eigenvalue weighted by Crippen LogP contribution is 1.81. The highest BCUT2D eigenvalue weighted by atomic mass is 16.5. The van der Waals surface area contributed by atoms with Crippen LogP contribution in [0, 0.1) is 0 Å². The molecule has 0 fully saturated rings. The van der Waals surface area contributed by atoms with Crippen LogP contribution in [0.1, 0.15) is 6.92 Å². The van der Waals surface area contributed by atoms with E-state index < -0.39 is 11.9 Å². The van der Waals surface area contributed by atoms with E-state index in [-0.39, 0.29) is 0 Å². The second kappa shape index (κ2) is 2.64. The van der Waals surface area contributed by atoms with Crippen LogP contribution in [-0.4, -0.2) is 29.3 Å². The Bertz CT molecular complexity index is 80.0. The lowest BCUT2D eigenvalue weighted by molar-refractivity contribution is -0.160. The Labute approximate surface area is 47.8 Å². The molecule has 0 saturated heterocycles. The topological polar surface area (TPSA) is 66.6 Å². The minimum absolute atomic E-state index is 0.477. The molecule has 0 aliphatic heterocycles. The van der Waals surface area contributed by atoms with Gasteiger partial charge in [0.05, 0.1) is 6.04 Å². The molecule has 48 valence electrons. The number of rotatable bonds is 1. The van der Waals surface area contributed by atoms with Gasteiger partial charge < -0.3 is 5.73 Å². The van der Waals surface area contributed by atoms with Crippen LogP contribution in [0.5, 0.6) is 0 Å². The van der Waals surface area contributed by atoms with Gasteiger partial charge in [-0.1, -0.05) is 0 Å². The van der Waals surface area contributed by atoms with Gasteiger partial charge in [-0.2, -0.15) is 0 Å². The first-order chi connectivity index (χ1) is 3.55. The molecule has 4 heteroatoms. The van der Waals surface area contributed by atoms with E-state index in [1.807, 2.05) is 0 Å². The first-order valence-electron chi connectivity index (χ1n) is 2.27. The molecule has 0 aromatic rings. The van der Waals surface area contributed by atoms with Crippen LogP contribution < -0.4 is 5.73 Å². The Morgan fingerprint density at radius 3 is 2.25 bits per heavy atom. The zero-order valence-corrected chi connectivity index (χ0v) is 4.96. The standard InChI is InChI=1S/C4H10N2O2/c1-3(5)4(7)6(2)8/h3,8H,5H2,1-2H3/t3-/m0/s1. The maximum Gasteiger partial charge on any atom is 0.262 e. The highest BCUT2D eigenvalue weighted by molar-refractivity contribution is 5.79. The number of nitrogens with zero attached hydrogens (tertiary/aromatic N) is 1. The molecule has 0 spiro atoms. The summed E-state index contributed by atoms with van der Waals surface area (Å²) in [4.78, 5) is 10.4. The first-order valence-corrected chi connectivity index (χ1v) is 2.27. The van der Waals surface area contributed by atoms with E-state index >= 15 is 0 Å². The summed E-state index contributed by atoms with van der Waals surface area (Å²) in [5, 5.41) is 8.87. The molecular formula is C4H10N2O2. The molecule has 0 saturated carbocycles. The Morgan fingerprint density at radius 2 is 2.25 bits per heavy atom. The molecule has 0 heterocycles. The number of amides is 1. The van der Waals surface area contributed by atoms with Crippen molar-refractivity contribution in [3.05, 3.63) is 0 Å². The Balaban J connectivity index is 3.65. The average molecular weight is 118 g/mol. The second-order valence-corrected chi connectivity index (χ2v) is 1.65. The van der Waals surface area contributed by atoms with E-state index in [9.17, 15) is 4.79 Å². The Kier molecular flexibility index (Phi) is 2.44. The summed E-state index contributed by atoms with van der Waals surface area (Å²) < 4.78 is 0.